The molecule has 0 aliphatic carbocycles. The first-order valence-corrected chi connectivity index (χ1v) is 6.85. The molecule has 7 nitrogen and oxygen atoms in total. The van der Waals surface area contributed by atoms with E-state index in [1.165, 1.54) is 0 Å². The van der Waals surface area contributed by atoms with Crippen LogP contribution in [0, 0.1) is 0 Å². The van der Waals surface area contributed by atoms with Gasteiger partial charge in [-0.25, -0.2) is 4.98 Å². The SMILES string of the molecule is CC(N)C(=O)Nc1nc2nccc(-c3cccs3)n2n1. The summed E-state index contributed by atoms with van der Waals surface area (Å²) in [6, 6.07) is 5.18. The zero-order valence-corrected chi connectivity index (χ0v) is 11.5. The van der Waals surface area contributed by atoms with Gasteiger partial charge in [0.2, 0.25) is 5.91 Å². The van der Waals surface area contributed by atoms with E-state index in [4.69, 9.17) is 5.73 Å². The Bertz CT molecular complexity index is 748. The van der Waals surface area contributed by atoms with Gasteiger partial charge in [0.15, 0.2) is 0 Å². The predicted molar refractivity (Wildman–Crippen MR) is 76.4 cm³/mol. The van der Waals surface area contributed by atoms with Crippen molar-refractivity contribution < 1.29 is 4.79 Å². The van der Waals surface area contributed by atoms with Crippen molar-refractivity contribution in [3.63, 3.8) is 0 Å². The van der Waals surface area contributed by atoms with Crippen LogP contribution in [0.3, 0.4) is 0 Å². The Morgan fingerprint density at radius 1 is 1.50 bits per heavy atom. The first-order valence-electron chi connectivity index (χ1n) is 5.97. The minimum Gasteiger partial charge on any atom is -0.320 e. The van der Waals surface area contributed by atoms with Crippen LogP contribution in [-0.2, 0) is 4.79 Å². The number of hydrogen-bond acceptors (Lipinski definition) is 6. The van der Waals surface area contributed by atoms with Crippen LogP contribution in [0.15, 0.2) is 29.8 Å². The number of fused-ring (bicyclic) bond motifs is 1. The first kappa shape index (κ1) is 12.7. The average molecular weight is 288 g/mol. The van der Waals surface area contributed by atoms with E-state index in [-0.39, 0.29) is 11.9 Å². The third-order valence-corrected chi connectivity index (χ3v) is 3.56. The molecule has 0 spiro atoms. The number of rotatable bonds is 3. The molecule has 0 bridgehead atoms. The van der Waals surface area contributed by atoms with Crippen LogP contribution in [0.5, 0.6) is 0 Å². The normalized spacial score (nSPS) is 12.5. The van der Waals surface area contributed by atoms with Crippen LogP contribution in [-0.4, -0.2) is 31.5 Å². The van der Waals surface area contributed by atoms with Gasteiger partial charge in [0, 0.05) is 6.20 Å². The average Bonchev–Trinajstić information content (AvgIpc) is 3.06. The molecule has 3 rings (SSSR count). The Hall–Kier alpha value is -2.32. The lowest BCUT2D eigenvalue weighted by Gasteiger charge is -2.02. The monoisotopic (exact) mass is 288 g/mol. The highest BCUT2D eigenvalue weighted by Crippen LogP contribution is 2.24. The maximum absolute atomic E-state index is 11.6. The third kappa shape index (κ3) is 2.26. The maximum Gasteiger partial charge on any atom is 0.254 e. The second-order valence-electron chi connectivity index (χ2n) is 4.23. The number of carbonyl (C=O) groups excluding carboxylic acids is 1. The molecule has 1 amide bonds. The van der Waals surface area contributed by atoms with Gasteiger partial charge in [0.05, 0.1) is 16.6 Å². The van der Waals surface area contributed by atoms with Gasteiger partial charge < -0.3 is 5.73 Å². The van der Waals surface area contributed by atoms with Gasteiger partial charge in [-0.3, -0.25) is 10.1 Å². The van der Waals surface area contributed by atoms with E-state index < -0.39 is 6.04 Å². The molecule has 3 aromatic rings. The van der Waals surface area contributed by atoms with E-state index in [9.17, 15) is 4.79 Å². The van der Waals surface area contributed by atoms with Crippen LogP contribution >= 0.6 is 11.3 Å². The highest BCUT2D eigenvalue weighted by atomic mass is 32.1. The van der Waals surface area contributed by atoms with E-state index in [1.54, 1.807) is 29.0 Å². The molecule has 3 heterocycles. The van der Waals surface area contributed by atoms with Crippen molar-refractivity contribution in [2.24, 2.45) is 5.73 Å². The van der Waals surface area contributed by atoms with Crippen LogP contribution in [0.4, 0.5) is 5.95 Å². The molecule has 0 aromatic carbocycles. The van der Waals surface area contributed by atoms with Crippen LogP contribution in [0.25, 0.3) is 16.3 Å². The highest BCUT2D eigenvalue weighted by molar-refractivity contribution is 7.13. The van der Waals surface area contributed by atoms with E-state index in [0.29, 0.717) is 5.78 Å². The molecule has 0 aliphatic heterocycles. The van der Waals surface area contributed by atoms with E-state index in [0.717, 1.165) is 10.6 Å². The van der Waals surface area contributed by atoms with E-state index in [2.05, 4.69) is 20.4 Å². The Labute approximate surface area is 118 Å². The Balaban J connectivity index is 2.03. The number of anilines is 1. The fourth-order valence-corrected chi connectivity index (χ4v) is 2.42. The summed E-state index contributed by atoms with van der Waals surface area (Å²) in [4.78, 5) is 20.9. The molecular weight excluding hydrogens is 276 g/mol. The summed E-state index contributed by atoms with van der Waals surface area (Å²) in [7, 11) is 0. The van der Waals surface area contributed by atoms with Crippen LogP contribution in [0.2, 0.25) is 0 Å². The van der Waals surface area contributed by atoms with Gasteiger partial charge in [-0.2, -0.15) is 9.50 Å². The number of hydrogen-bond donors (Lipinski definition) is 2. The molecule has 1 atom stereocenters. The van der Waals surface area contributed by atoms with Gasteiger partial charge in [0.1, 0.15) is 0 Å². The fraction of sp³-hybridized carbons (Fsp3) is 0.167. The summed E-state index contributed by atoms with van der Waals surface area (Å²) < 4.78 is 1.60. The quantitative estimate of drug-likeness (QED) is 0.753. The van der Waals surface area contributed by atoms with Gasteiger partial charge in [-0.15, -0.1) is 16.4 Å². The van der Waals surface area contributed by atoms with Crippen molar-refractivity contribution in [1.29, 1.82) is 0 Å². The third-order valence-electron chi connectivity index (χ3n) is 2.66. The predicted octanol–water partition coefficient (Wildman–Crippen LogP) is 1.14. The lowest BCUT2D eigenvalue weighted by Crippen LogP contribution is -2.32. The van der Waals surface area contributed by atoms with Gasteiger partial charge in [0.25, 0.3) is 11.7 Å². The van der Waals surface area contributed by atoms with Crippen LogP contribution in [0.1, 0.15) is 6.92 Å². The number of aromatic nitrogens is 4. The summed E-state index contributed by atoms with van der Waals surface area (Å²) in [6.07, 6.45) is 1.66. The largest absolute Gasteiger partial charge is 0.320 e. The Morgan fingerprint density at radius 2 is 2.35 bits per heavy atom. The molecule has 20 heavy (non-hydrogen) atoms. The highest BCUT2D eigenvalue weighted by Gasteiger charge is 2.14. The minimum atomic E-state index is -0.619. The number of nitrogens with zero attached hydrogens (tertiary/aromatic N) is 4. The van der Waals surface area contributed by atoms with Gasteiger partial charge in [-0.1, -0.05) is 6.07 Å². The molecule has 0 aliphatic rings. The summed E-state index contributed by atoms with van der Waals surface area (Å²) in [6.45, 7) is 1.60. The zero-order chi connectivity index (χ0) is 14.1. The van der Waals surface area contributed by atoms with Crippen molar-refractivity contribution in [1.82, 2.24) is 19.6 Å². The van der Waals surface area contributed by atoms with E-state index >= 15 is 0 Å². The molecule has 0 saturated carbocycles. The molecule has 3 aromatic heterocycles. The standard InChI is InChI=1S/C12H12N6OS/c1-7(13)10(19)15-11-16-12-14-5-4-8(18(12)17-11)9-3-2-6-20-9/h2-7H,13H2,1H3,(H,15,17,19). The lowest BCUT2D eigenvalue weighted by atomic mass is 10.3. The number of amides is 1. The molecule has 0 saturated heterocycles. The smallest absolute Gasteiger partial charge is 0.254 e. The number of nitrogens with one attached hydrogen (secondary N) is 1. The maximum atomic E-state index is 11.6. The lowest BCUT2D eigenvalue weighted by molar-refractivity contribution is -0.117. The van der Waals surface area contributed by atoms with Crippen LogP contribution < -0.4 is 11.1 Å². The van der Waals surface area contributed by atoms with Gasteiger partial charge >= 0.3 is 0 Å². The number of nitrogens with two attached hydrogens (primary N) is 1. The summed E-state index contributed by atoms with van der Waals surface area (Å²) in [5.74, 6) is 0.290. The van der Waals surface area contributed by atoms with Gasteiger partial charge in [-0.05, 0) is 24.4 Å². The number of thiophene rings is 1. The first-order chi connectivity index (χ1) is 9.65. The van der Waals surface area contributed by atoms with Crippen molar-refractivity contribution >= 4 is 29.0 Å². The summed E-state index contributed by atoms with van der Waals surface area (Å²) in [5, 5.41) is 8.80. The van der Waals surface area contributed by atoms with Crippen molar-refractivity contribution in [2.75, 3.05) is 5.32 Å². The van der Waals surface area contributed by atoms with Crippen molar-refractivity contribution in [3.05, 3.63) is 29.8 Å². The fourth-order valence-electron chi connectivity index (χ4n) is 1.68. The minimum absolute atomic E-state index is 0.198. The number of carbonyl (C=O) groups is 1. The molecule has 1 unspecified atom stereocenters. The molecule has 0 radical (unpaired) electrons. The zero-order valence-electron chi connectivity index (χ0n) is 10.6. The molecule has 8 heteroatoms. The molecular formula is C12H12N6OS. The Morgan fingerprint density at radius 3 is 3.05 bits per heavy atom. The second kappa shape index (κ2) is 4.99. The second-order valence-corrected chi connectivity index (χ2v) is 5.18. The Kier molecular flexibility index (Phi) is 3.17. The molecule has 102 valence electrons. The molecule has 0 fully saturated rings. The van der Waals surface area contributed by atoms with E-state index in [1.807, 2.05) is 23.6 Å². The van der Waals surface area contributed by atoms with Crippen molar-refractivity contribution in [3.8, 4) is 10.6 Å². The molecule has 3 N–H and O–H groups in total. The van der Waals surface area contributed by atoms with Crippen molar-refractivity contribution in [2.45, 2.75) is 13.0 Å². The topological polar surface area (TPSA) is 98.2 Å². The summed E-state index contributed by atoms with van der Waals surface area (Å²) >= 11 is 1.60. The summed E-state index contributed by atoms with van der Waals surface area (Å²) in [5.41, 5.74) is 6.37.